The summed E-state index contributed by atoms with van der Waals surface area (Å²) >= 11 is 0. The Hall–Kier alpha value is -0.900. The highest BCUT2D eigenvalue weighted by Crippen LogP contribution is 2.14. The van der Waals surface area contributed by atoms with E-state index in [0.717, 1.165) is 24.6 Å². The van der Waals surface area contributed by atoms with Crippen molar-refractivity contribution in [2.75, 3.05) is 6.54 Å². The Morgan fingerprint density at radius 1 is 1.31 bits per heavy atom. The van der Waals surface area contributed by atoms with Crippen LogP contribution in [0.3, 0.4) is 0 Å². The zero-order valence-electron chi connectivity index (χ0n) is 11.1. The normalized spacial score (nSPS) is 15.1. The molecule has 1 aromatic rings. The van der Waals surface area contributed by atoms with Gasteiger partial charge in [-0.3, -0.25) is 0 Å². The number of nitrogens with zero attached hydrogens (tertiary/aromatic N) is 3. The first-order valence-electron chi connectivity index (χ1n) is 6.23. The molecule has 1 N–H and O–H groups in total. The van der Waals surface area contributed by atoms with Crippen LogP contribution in [-0.4, -0.2) is 27.4 Å². The molecule has 2 atom stereocenters. The molecule has 92 valence electrons. The van der Waals surface area contributed by atoms with E-state index in [1.54, 1.807) is 0 Å². The third kappa shape index (κ3) is 3.04. The third-order valence-electron chi connectivity index (χ3n) is 2.97. The first-order valence-corrected chi connectivity index (χ1v) is 6.23. The minimum atomic E-state index is 0.359. The van der Waals surface area contributed by atoms with Gasteiger partial charge in [-0.1, -0.05) is 13.8 Å². The van der Waals surface area contributed by atoms with Crippen LogP contribution in [-0.2, 0) is 0 Å². The number of aromatic nitrogens is 3. The van der Waals surface area contributed by atoms with E-state index in [4.69, 9.17) is 0 Å². The first-order chi connectivity index (χ1) is 7.60. The minimum absolute atomic E-state index is 0.359. The van der Waals surface area contributed by atoms with Gasteiger partial charge in [-0.05, 0) is 40.2 Å². The molecule has 1 aromatic heterocycles. The smallest absolute Gasteiger partial charge is 0.147 e. The predicted molar refractivity (Wildman–Crippen MR) is 66.6 cm³/mol. The maximum Gasteiger partial charge on any atom is 0.147 e. The molecule has 0 fully saturated rings. The zero-order chi connectivity index (χ0) is 12.1. The summed E-state index contributed by atoms with van der Waals surface area (Å²) in [6.07, 6.45) is 2.28. The summed E-state index contributed by atoms with van der Waals surface area (Å²) in [4.78, 5) is 4.35. The van der Waals surface area contributed by atoms with Gasteiger partial charge < -0.3 is 5.32 Å². The summed E-state index contributed by atoms with van der Waals surface area (Å²) in [5, 5.41) is 8.02. The number of rotatable bonds is 6. The number of aryl methyl sites for hydroxylation is 2. The molecule has 0 saturated heterocycles. The Kier molecular flexibility index (Phi) is 4.93. The van der Waals surface area contributed by atoms with Crippen LogP contribution in [0.2, 0.25) is 0 Å². The Morgan fingerprint density at radius 2 is 2.00 bits per heavy atom. The van der Waals surface area contributed by atoms with Gasteiger partial charge in [0.25, 0.3) is 0 Å². The van der Waals surface area contributed by atoms with Gasteiger partial charge in [0.1, 0.15) is 11.6 Å². The lowest BCUT2D eigenvalue weighted by molar-refractivity contribution is 0.333. The molecule has 0 aromatic carbocycles. The van der Waals surface area contributed by atoms with Gasteiger partial charge in [-0.25, -0.2) is 9.67 Å². The van der Waals surface area contributed by atoms with Gasteiger partial charge in [-0.2, -0.15) is 5.10 Å². The summed E-state index contributed by atoms with van der Waals surface area (Å²) in [6, 6.07) is 0.831. The maximum absolute atomic E-state index is 4.45. The summed E-state index contributed by atoms with van der Waals surface area (Å²) < 4.78 is 2.03. The molecule has 1 heterocycles. The predicted octanol–water partition coefficient (Wildman–Crippen LogP) is 2.23. The topological polar surface area (TPSA) is 42.7 Å². The molecule has 4 heteroatoms. The minimum Gasteiger partial charge on any atom is -0.312 e. The van der Waals surface area contributed by atoms with Crippen LogP contribution in [0.5, 0.6) is 0 Å². The second-order valence-electron chi connectivity index (χ2n) is 4.36. The third-order valence-corrected chi connectivity index (χ3v) is 2.97. The molecule has 4 nitrogen and oxygen atoms in total. The zero-order valence-corrected chi connectivity index (χ0v) is 11.1. The fourth-order valence-electron chi connectivity index (χ4n) is 2.08. The van der Waals surface area contributed by atoms with Gasteiger partial charge in [0.05, 0.1) is 6.04 Å². The van der Waals surface area contributed by atoms with E-state index in [2.05, 4.69) is 36.2 Å². The maximum atomic E-state index is 4.45. The largest absolute Gasteiger partial charge is 0.312 e. The average molecular weight is 224 g/mol. The van der Waals surface area contributed by atoms with Crippen LogP contribution in [0.4, 0.5) is 0 Å². The van der Waals surface area contributed by atoms with Crippen LogP contribution in [0.1, 0.15) is 51.3 Å². The SMILES string of the molecule is CCCNC(CC)C(C)n1nc(C)nc1C. The van der Waals surface area contributed by atoms with E-state index < -0.39 is 0 Å². The molecule has 1 rings (SSSR count). The summed E-state index contributed by atoms with van der Waals surface area (Å²) in [6.45, 7) is 11.6. The van der Waals surface area contributed by atoms with E-state index in [1.807, 2.05) is 18.5 Å². The molecule has 0 aliphatic heterocycles. The molecule has 0 bridgehead atoms. The van der Waals surface area contributed by atoms with Crippen LogP contribution < -0.4 is 5.32 Å². The lowest BCUT2D eigenvalue weighted by atomic mass is 10.1. The highest BCUT2D eigenvalue weighted by atomic mass is 15.4. The van der Waals surface area contributed by atoms with Gasteiger partial charge in [0, 0.05) is 6.04 Å². The second kappa shape index (κ2) is 5.99. The van der Waals surface area contributed by atoms with Crippen LogP contribution in [0.15, 0.2) is 0 Å². The quantitative estimate of drug-likeness (QED) is 0.806. The Bertz CT molecular complexity index is 319. The Balaban J connectivity index is 2.74. The van der Waals surface area contributed by atoms with Crippen molar-refractivity contribution < 1.29 is 0 Å². The van der Waals surface area contributed by atoms with Crippen molar-refractivity contribution in [2.45, 2.75) is 59.5 Å². The van der Waals surface area contributed by atoms with Crippen molar-refractivity contribution in [1.29, 1.82) is 0 Å². The monoisotopic (exact) mass is 224 g/mol. The summed E-state index contributed by atoms with van der Waals surface area (Å²) in [5.41, 5.74) is 0. The van der Waals surface area contributed by atoms with Crippen LogP contribution in [0.25, 0.3) is 0 Å². The molecule has 0 aliphatic rings. The lowest BCUT2D eigenvalue weighted by Crippen LogP contribution is -2.37. The molecule has 0 saturated carbocycles. The van der Waals surface area contributed by atoms with Crippen LogP contribution >= 0.6 is 0 Å². The van der Waals surface area contributed by atoms with Gasteiger partial charge in [0.2, 0.25) is 0 Å². The summed E-state index contributed by atoms with van der Waals surface area (Å²) in [5.74, 6) is 1.86. The average Bonchev–Trinajstić information content (AvgIpc) is 2.58. The number of nitrogens with one attached hydrogen (secondary N) is 1. The van der Waals surface area contributed by atoms with Crippen LogP contribution in [0, 0.1) is 13.8 Å². The standard InChI is InChI=1S/C12H24N4/c1-6-8-13-12(7-2)9(3)16-11(5)14-10(4)15-16/h9,12-13H,6-8H2,1-5H3. The molecular formula is C12H24N4. The van der Waals surface area contributed by atoms with Crippen molar-refractivity contribution in [3.63, 3.8) is 0 Å². The molecule has 0 amide bonds. The fraction of sp³-hybridized carbons (Fsp3) is 0.833. The molecule has 16 heavy (non-hydrogen) atoms. The van der Waals surface area contributed by atoms with E-state index in [9.17, 15) is 0 Å². The molecular weight excluding hydrogens is 200 g/mol. The molecule has 0 aliphatic carbocycles. The highest BCUT2D eigenvalue weighted by Gasteiger charge is 2.19. The van der Waals surface area contributed by atoms with E-state index in [0.29, 0.717) is 12.1 Å². The fourth-order valence-corrected chi connectivity index (χ4v) is 2.08. The first kappa shape index (κ1) is 13.2. The van der Waals surface area contributed by atoms with E-state index >= 15 is 0 Å². The Labute approximate surface area is 98.5 Å². The van der Waals surface area contributed by atoms with E-state index in [-0.39, 0.29) is 0 Å². The van der Waals surface area contributed by atoms with Gasteiger partial charge in [0.15, 0.2) is 0 Å². The molecule has 0 spiro atoms. The van der Waals surface area contributed by atoms with E-state index in [1.165, 1.54) is 6.42 Å². The Morgan fingerprint density at radius 3 is 2.44 bits per heavy atom. The molecule has 0 radical (unpaired) electrons. The van der Waals surface area contributed by atoms with Crippen molar-refractivity contribution in [2.24, 2.45) is 0 Å². The van der Waals surface area contributed by atoms with Crippen molar-refractivity contribution in [1.82, 2.24) is 20.1 Å². The second-order valence-corrected chi connectivity index (χ2v) is 4.36. The molecule has 2 unspecified atom stereocenters. The van der Waals surface area contributed by atoms with Gasteiger partial charge >= 0.3 is 0 Å². The van der Waals surface area contributed by atoms with Crippen molar-refractivity contribution in [3.8, 4) is 0 Å². The van der Waals surface area contributed by atoms with Gasteiger partial charge in [-0.15, -0.1) is 0 Å². The summed E-state index contributed by atoms with van der Waals surface area (Å²) in [7, 11) is 0. The number of hydrogen-bond acceptors (Lipinski definition) is 3. The lowest BCUT2D eigenvalue weighted by Gasteiger charge is -2.24. The highest BCUT2D eigenvalue weighted by molar-refractivity contribution is 4.92. The van der Waals surface area contributed by atoms with Crippen molar-refractivity contribution in [3.05, 3.63) is 11.6 Å². The number of hydrogen-bond donors (Lipinski definition) is 1. The van der Waals surface area contributed by atoms with Crippen molar-refractivity contribution >= 4 is 0 Å².